The third-order valence-corrected chi connectivity index (χ3v) is 4.07. The molecule has 1 aromatic carbocycles. The summed E-state index contributed by atoms with van der Waals surface area (Å²) in [4.78, 5) is 0. The molecule has 1 N–H and O–H groups in total. The Morgan fingerprint density at radius 2 is 1.85 bits per heavy atom. The lowest BCUT2D eigenvalue weighted by molar-refractivity contribution is 0.0950. The first kappa shape index (κ1) is 15.5. The lowest BCUT2D eigenvalue weighted by Crippen LogP contribution is -2.18. The van der Waals surface area contributed by atoms with E-state index in [1.165, 1.54) is 36.8 Å². The van der Waals surface area contributed by atoms with Crippen molar-refractivity contribution < 1.29 is 4.74 Å². The van der Waals surface area contributed by atoms with Crippen molar-refractivity contribution in [1.29, 1.82) is 0 Å². The summed E-state index contributed by atoms with van der Waals surface area (Å²) in [6.45, 7) is 8.18. The molecule has 0 atom stereocenters. The van der Waals surface area contributed by atoms with Crippen LogP contribution in [0.15, 0.2) is 24.3 Å². The first-order valence-electron chi connectivity index (χ1n) is 8.10. The topological polar surface area (TPSA) is 21.3 Å². The van der Waals surface area contributed by atoms with Gasteiger partial charge in [0.15, 0.2) is 0 Å². The van der Waals surface area contributed by atoms with E-state index in [4.69, 9.17) is 4.74 Å². The molecule has 112 valence electrons. The fourth-order valence-electron chi connectivity index (χ4n) is 2.48. The smallest absolute Gasteiger partial charge is 0.0716 e. The molecule has 0 unspecified atom stereocenters. The monoisotopic (exact) mass is 275 g/mol. The predicted molar refractivity (Wildman–Crippen MR) is 84.6 cm³/mol. The SMILES string of the molecule is CC(C)CNCc1ccc(COCCC2CCC2)cc1. The zero-order chi connectivity index (χ0) is 14.2. The molecule has 1 aliphatic carbocycles. The van der Waals surface area contributed by atoms with Crippen LogP contribution in [0.25, 0.3) is 0 Å². The Morgan fingerprint density at radius 3 is 2.45 bits per heavy atom. The van der Waals surface area contributed by atoms with Crippen molar-refractivity contribution >= 4 is 0 Å². The lowest BCUT2D eigenvalue weighted by Gasteiger charge is -2.24. The van der Waals surface area contributed by atoms with Gasteiger partial charge < -0.3 is 10.1 Å². The predicted octanol–water partition coefficient (Wildman–Crippen LogP) is 4.14. The number of nitrogens with one attached hydrogen (secondary N) is 1. The minimum atomic E-state index is 0.707. The largest absolute Gasteiger partial charge is 0.377 e. The summed E-state index contributed by atoms with van der Waals surface area (Å²) in [5, 5.41) is 3.47. The van der Waals surface area contributed by atoms with Gasteiger partial charge in [-0.05, 0) is 35.9 Å². The fraction of sp³-hybridized carbons (Fsp3) is 0.667. The first-order valence-corrected chi connectivity index (χ1v) is 8.10. The second-order valence-electron chi connectivity index (χ2n) is 6.48. The van der Waals surface area contributed by atoms with Gasteiger partial charge in [-0.15, -0.1) is 0 Å². The minimum Gasteiger partial charge on any atom is -0.377 e. The van der Waals surface area contributed by atoms with Crippen LogP contribution in [-0.4, -0.2) is 13.2 Å². The highest BCUT2D eigenvalue weighted by atomic mass is 16.5. The molecule has 0 radical (unpaired) electrons. The number of hydrogen-bond donors (Lipinski definition) is 1. The fourth-order valence-corrected chi connectivity index (χ4v) is 2.48. The second-order valence-corrected chi connectivity index (χ2v) is 6.48. The highest BCUT2D eigenvalue weighted by molar-refractivity contribution is 5.21. The van der Waals surface area contributed by atoms with E-state index >= 15 is 0 Å². The van der Waals surface area contributed by atoms with Crippen LogP contribution in [0.3, 0.4) is 0 Å². The van der Waals surface area contributed by atoms with Crippen molar-refractivity contribution in [3.05, 3.63) is 35.4 Å². The van der Waals surface area contributed by atoms with Gasteiger partial charge in [0.25, 0.3) is 0 Å². The Bertz CT molecular complexity index is 368. The number of ether oxygens (including phenoxy) is 1. The zero-order valence-corrected chi connectivity index (χ0v) is 13.0. The zero-order valence-electron chi connectivity index (χ0n) is 13.0. The van der Waals surface area contributed by atoms with Crippen molar-refractivity contribution in [1.82, 2.24) is 5.32 Å². The van der Waals surface area contributed by atoms with Crippen LogP contribution in [0.5, 0.6) is 0 Å². The van der Waals surface area contributed by atoms with E-state index in [0.717, 1.165) is 32.2 Å². The molecular weight excluding hydrogens is 246 g/mol. The van der Waals surface area contributed by atoms with Crippen LogP contribution in [0.1, 0.15) is 50.7 Å². The van der Waals surface area contributed by atoms with Crippen LogP contribution in [0.2, 0.25) is 0 Å². The summed E-state index contributed by atoms with van der Waals surface area (Å²) in [6, 6.07) is 8.79. The Balaban J connectivity index is 1.60. The maximum atomic E-state index is 5.76. The van der Waals surface area contributed by atoms with Crippen molar-refractivity contribution in [3.8, 4) is 0 Å². The summed E-state index contributed by atoms with van der Waals surface area (Å²) in [6.07, 6.45) is 5.51. The van der Waals surface area contributed by atoms with Gasteiger partial charge in [-0.3, -0.25) is 0 Å². The molecular formula is C18H29NO. The summed E-state index contributed by atoms with van der Waals surface area (Å²) >= 11 is 0. The van der Waals surface area contributed by atoms with Crippen LogP contribution < -0.4 is 5.32 Å². The van der Waals surface area contributed by atoms with Gasteiger partial charge in [0.05, 0.1) is 6.61 Å². The molecule has 2 rings (SSSR count). The van der Waals surface area contributed by atoms with Gasteiger partial charge in [-0.1, -0.05) is 57.4 Å². The third-order valence-electron chi connectivity index (χ3n) is 4.07. The normalized spacial score (nSPS) is 15.6. The molecule has 0 bridgehead atoms. The Morgan fingerprint density at radius 1 is 1.15 bits per heavy atom. The van der Waals surface area contributed by atoms with Crippen LogP contribution in [-0.2, 0) is 17.9 Å². The van der Waals surface area contributed by atoms with E-state index in [0.29, 0.717) is 5.92 Å². The summed E-state index contributed by atoms with van der Waals surface area (Å²) in [5.41, 5.74) is 2.63. The molecule has 0 amide bonds. The van der Waals surface area contributed by atoms with Crippen molar-refractivity contribution in [2.24, 2.45) is 11.8 Å². The summed E-state index contributed by atoms with van der Waals surface area (Å²) in [7, 11) is 0. The number of rotatable bonds is 9. The Kier molecular flexibility index (Phi) is 6.55. The average Bonchev–Trinajstić information content (AvgIpc) is 2.38. The molecule has 0 spiro atoms. The molecule has 1 saturated carbocycles. The van der Waals surface area contributed by atoms with E-state index in [2.05, 4.69) is 43.4 Å². The van der Waals surface area contributed by atoms with Gasteiger partial charge in [0.2, 0.25) is 0 Å². The highest BCUT2D eigenvalue weighted by Gasteiger charge is 2.16. The third kappa shape index (κ3) is 5.64. The van der Waals surface area contributed by atoms with Crippen molar-refractivity contribution in [2.45, 2.75) is 52.7 Å². The maximum Gasteiger partial charge on any atom is 0.0716 e. The van der Waals surface area contributed by atoms with E-state index in [9.17, 15) is 0 Å². The molecule has 0 heterocycles. The molecule has 0 saturated heterocycles. The van der Waals surface area contributed by atoms with Crippen molar-refractivity contribution in [3.63, 3.8) is 0 Å². The van der Waals surface area contributed by atoms with E-state index in [1.54, 1.807) is 0 Å². The van der Waals surface area contributed by atoms with Crippen LogP contribution in [0, 0.1) is 11.8 Å². The van der Waals surface area contributed by atoms with Gasteiger partial charge in [0, 0.05) is 13.2 Å². The molecule has 1 fully saturated rings. The minimum absolute atomic E-state index is 0.707. The van der Waals surface area contributed by atoms with Crippen molar-refractivity contribution in [2.75, 3.05) is 13.2 Å². The van der Waals surface area contributed by atoms with Crippen LogP contribution in [0.4, 0.5) is 0 Å². The molecule has 20 heavy (non-hydrogen) atoms. The number of benzene rings is 1. The van der Waals surface area contributed by atoms with Gasteiger partial charge >= 0.3 is 0 Å². The highest BCUT2D eigenvalue weighted by Crippen LogP contribution is 2.29. The standard InChI is InChI=1S/C18H29NO/c1-15(2)12-19-13-17-6-8-18(9-7-17)14-20-11-10-16-4-3-5-16/h6-9,15-16,19H,3-5,10-14H2,1-2H3. The van der Waals surface area contributed by atoms with E-state index in [-0.39, 0.29) is 0 Å². The quantitative estimate of drug-likeness (QED) is 0.684. The first-order chi connectivity index (χ1) is 9.74. The second kappa shape index (κ2) is 8.43. The Hall–Kier alpha value is -0.860. The van der Waals surface area contributed by atoms with Gasteiger partial charge in [-0.25, -0.2) is 0 Å². The Labute approximate surface area is 123 Å². The molecule has 1 aliphatic rings. The van der Waals surface area contributed by atoms with Gasteiger partial charge in [-0.2, -0.15) is 0 Å². The molecule has 2 nitrogen and oxygen atoms in total. The summed E-state index contributed by atoms with van der Waals surface area (Å²) in [5.74, 6) is 1.66. The van der Waals surface area contributed by atoms with E-state index < -0.39 is 0 Å². The van der Waals surface area contributed by atoms with E-state index in [1.807, 2.05) is 0 Å². The van der Waals surface area contributed by atoms with Crippen LogP contribution >= 0.6 is 0 Å². The molecule has 2 heteroatoms. The lowest BCUT2D eigenvalue weighted by atomic mass is 9.83. The maximum absolute atomic E-state index is 5.76. The van der Waals surface area contributed by atoms with Gasteiger partial charge in [0.1, 0.15) is 0 Å². The molecule has 0 aliphatic heterocycles. The number of hydrogen-bond acceptors (Lipinski definition) is 2. The molecule has 1 aromatic rings. The summed E-state index contributed by atoms with van der Waals surface area (Å²) < 4.78 is 5.76. The molecule has 0 aromatic heterocycles. The average molecular weight is 275 g/mol.